The molecule has 0 aliphatic carbocycles. The third kappa shape index (κ3) is 3.30. The highest BCUT2D eigenvalue weighted by molar-refractivity contribution is 5.55. The van der Waals surface area contributed by atoms with E-state index in [0.29, 0.717) is 24.9 Å². The molecule has 1 unspecified atom stereocenters. The van der Waals surface area contributed by atoms with Gasteiger partial charge in [0.15, 0.2) is 5.82 Å². The molecule has 1 aromatic carbocycles. The molecule has 2 rings (SSSR count). The van der Waals surface area contributed by atoms with Gasteiger partial charge in [0.25, 0.3) is 5.89 Å². The van der Waals surface area contributed by atoms with Crippen molar-refractivity contribution in [2.24, 2.45) is 5.73 Å². The van der Waals surface area contributed by atoms with Crippen LogP contribution < -0.4 is 10.5 Å². The minimum absolute atomic E-state index is 0.369. The molecule has 2 N–H and O–H groups in total. The Morgan fingerprint density at radius 1 is 1.42 bits per heavy atom. The Morgan fingerprint density at radius 3 is 3.00 bits per heavy atom. The van der Waals surface area contributed by atoms with E-state index in [0.717, 1.165) is 11.3 Å². The van der Waals surface area contributed by atoms with Gasteiger partial charge in [0.2, 0.25) is 0 Å². The van der Waals surface area contributed by atoms with Crippen LogP contribution in [0.3, 0.4) is 0 Å². The second kappa shape index (κ2) is 6.31. The van der Waals surface area contributed by atoms with E-state index in [4.69, 9.17) is 19.7 Å². The van der Waals surface area contributed by atoms with E-state index in [-0.39, 0.29) is 6.04 Å². The topological polar surface area (TPSA) is 83.4 Å². The van der Waals surface area contributed by atoms with Crippen LogP contribution in [-0.2, 0) is 4.74 Å². The van der Waals surface area contributed by atoms with Crippen molar-refractivity contribution in [2.45, 2.75) is 13.0 Å². The summed E-state index contributed by atoms with van der Waals surface area (Å²) in [4.78, 5) is 4.27. The summed E-state index contributed by atoms with van der Waals surface area (Å²) < 4.78 is 15.6. The Balaban J connectivity index is 2.15. The normalized spacial score (nSPS) is 12.4. The van der Waals surface area contributed by atoms with E-state index in [2.05, 4.69) is 10.1 Å². The second-order valence-electron chi connectivity index (χ2n) is 3.96. The van der Waals surface area contributed by atoms with Crippen LogP contribution in [0.4, 0.5) is 0 Å². The zero-order valence-corrected chi connectivity index (χ0v) is 11.0. The molecular formula is C13H17N3O3. The first-order valence-electron chi connectivity index (χ1n) is 6.06. The van der Waals surface area contributed by atoms with Crippen molar-refractivity contribution in [2.75, 3.05) is 20.3 Å². The van der Waals surface area contributed by atoms with Crippen LogP contribution >= 0.6 is 0 Å². The maximum absolute atomic E-state index is 5.89. The van der Waals surface area contributed by atoms with Crippen LogP contribution in [0.2, 0.25) is 0 Å². The number of nitrogens with zero attached hydrogens (tertiary/aromatic N) is 2. The summed E-state index contributed by atoms with van der Waals surface area (Å²) >= 11 is 0. The first-order chi connectivity index (χ1) is 9.24. The van der Waals surface area contributed by atoms with Crippen molar-refractivity contribution >= 4 is 0 Å². The largest absolute Gasteiger partial charge is 0.497 e. The van der Waals surface area contributed by atoms with Crippen molar-refractivity contribution in [3.63, 3.8) is 0 Å². The molecule has 19 heavy (non-hydrogen) atoms. The molecule has 6 nitrogen and oxygen atoms in total. The van der Waals surface area contributed by atoms with Crippen molar-refractivity contribution in [1.29, 1.82) is 0 Å². The second-order valence-corrected chi connectivity index (χ2v) is 3.96. The molecular weight excluding hydrogens is 246 g/mol. The average molecular weight is 263 g/mol. The Morgan fingerprint density at radius 2 is 2.26 bits per heavy atom. The quantitative estimate of drug-likeness (QED) is 0.855. The maximum atomic E-state index is 5.89. The van der Waals surface area contributed by atoms with Crippen LogP contribution in [-0.4, -0.2) is 30.5 Å². The smallest absolute Gasteiger partial charge is 0.258 e. The van der Waals surface area contributed by atoms with E-state index >= 15 is 0 Å². The van der Waals surface area contributed by atoms with Gasteiger partial charge in [0.1, 0.15) is 5.75 Å². The fourth-order valence-electron chi connectivity index (χ4n) is 1.58. The number of hydrogen-bond donors (Lipinski definition) is 1. The van der Waals surface area contributed by atoms with Crippen LogP contribution in [0.25, 0.3) is 11.5 Å². The Hall–Kier alpha value is -1.92. The van der Waals surface area contributed by atoms with Gasteiger partial charge in [-0.3, -0.25) is 0 Å². The zero-order chi connectivity index (χ0) is 13.7. The highest BCUT2D eigenvalue weighted by Gasteiger charge is 2.15. The van der Waals surface area contributed by atoms with Crippen molar-refractivity contribution in [3.05, 3.63) is 30.1 Å². The Bertz CT molecular complexity index is 527. The molecule has 1 aromatic heterocycles. The third-order valence-electron chi connectivity index (χ3n) is 2.59. The summed E-state index contributed by atoms with van der Waals surface area (Å²) in [5, 5.41) is 3.87. The number of nitrogens with two attached hydrogens (primary N) is 1. The van der Waals surface area contributed by atoms with Gasteiger partial charge in [-0.15, -0.1) is 0 Å². The molecule has 0 bridgehead atoms. The van der Waals surface area contributed by atoms with Gasteiger partial charge in [-0.1, -0.05) is 11.2 Å². The highest BCUT2D eigenvalue weighted by atomic mass is 16.5. The first kappa shape index (κ1) is 13.5. The molecule has 0 saturated carbocycles. The molecule has 0 amide bonds. The van der Waals surface area contributed by atoms with Gasteiger partial charge in [-0.2, -0.15) is 4.98 Å². The summed E-state index contributed by atoms with van der Waals surface area (Å²) in [5.41, 5.74) is 6.69. The predicted octanol–water partition coefficient (Wildman–Crippen LogP) is 1.78. The van der Waals surface area contributed by atoms with E-state index in [1.165, 1.54) is 0 Å². The van der Waals surface area contributed by atoms with Gasteiger partial charge in [0.05, 0.1) is 19.8 Å². The highest BCUT2D eigenvalue weighted by Crippen LogP contribution is 2.23. The maximum Gasteiger partial charge on any atom is 0.258 e. The SMILES string of the molecule is CCOCC(N)c1noc(-c2cccc(OC)c2)n1. The molecule has 0 aliphatic rings. The predicted molar refractivity (Wildman–Crippen MR) is 69.7 cm³/mol. The van der Waals surface area contributed by atoms with Gasteiger partial charge in [-0.25, -0.2) is 0 Å². The van der Waals surface area contributed by atoms with Crippen LogP contribution in [0.1, 0.15) is 18.8 Å². The van der Waals surface area contributed by atoms with Gasteiger partial charge >= 0.3 is 0 Å². The fourth-order valence-corrected chi connectivity index (χ4v) is 1.58. The van der Waals surface area contributed by atoms with Crippen LogP contribution in [0, 0.1) is 0 Å². The van der Waals surface area contributed by atoms with Crippen LogP contribution in [0.5, 0.6) is 5.75 Å². The zero-order valence-electron chi connectivity index (χ0n) is 11.0. The van der Waals surface area contributed by atoms with E-state index < -0.39 is 0 Å². The fraction of sp³-hybridized carbons (Fsp3) is 0.385. The summed E-state index contributed by atoms with van der Waals surface area (Å²) in [5.74, 6) is 1.59. The number of ether oxygens (including phenoxy) is 2. The van der Waals surface area contributed by atoms with Crippen molar-refractivity contribution in [1.82, 2.24) is 10.1 Å². The molecule has 102 valence electrons. The molecule has 0 aliphatic heterocycles. The number of hydrogen-bond acceptors (Lipinski definition) is 6. The molecule has 0 spiro atoms. The van der Waals surface area contributed by atoms with Crippen molar-refractivity contribution < 1.29 is 14.0 Å². The molecule has 2 aromatic rings. The summed E-state index contributed by atoms with van der Waals surface area (Å²) in [7, 11) is 1.61. The lowest BCUT2D eigenvalue weighted by Crippen LogP contribution is -2.18. The summed E-state index contributed by atoms with van der Waals surface area (Å²) in [6.07, 6.45) is 0. The molecule has 0 saturated heterocycles. The van der Waals surface area contributed by atoms with Crippen LogP contribution in [0.15, 0.2) is 28.8 Å². The average Bonchev–Trinajstić information content (AvgIpc) is 2.94. The number of benzene rings is 1. The standard InChI is InChI=1S/C13H17N3O3/c1-3-18-8-11(14)12-15-13(19-16-12)9-5-4-6-10(7-9)17-2/h4-7,11H,3,8,14H2,1-2H3. The van der Waals surface area contributed by atoms with E-state index in [1.807, 2.05) is 31.2 Å². The van der Waals surface area contributed by atoms with Gasteiger partial charge in [-0.05, 0) is 25.1 Å². The minimum atomic E-state index is -0.386. The summed E-state index contributed by atoms with van der Waals surface area (Å²) in [6, 6.07) is 7.02. The van der Waals surface area contributed by atoms with Crippen molar-refractivity contribution in [3.8, 4) is 17.2 Å². The van der Waals surface area contributed by atoms with Gasteiger partial charge in [0, 0.05) is 12.2 Å². The number of aromatic nitrogens is 2. The first-order valence-corrected chi connectivity index (χ1v) is 6.06. The lowest BCUT2D eigenvalue weighted by Gasteiger charge is -2.05. The van der Waals surface area contributed by atoms with E-state index in [1.54, 1.807) is 7.11 Å². The van der Waals surface area contributed by atoms with Gasteiger partial charge < -0.3 is 19.7 Å². The molecule has 1 atom stereocenters. The lowest BCUT2D eigenvalue weighted by molar-refractivity contribution is 0.130. The molecule has 6 heteroatoms. The molecule has 0 fully saturated rings. The number of rotatable bonds is 6. The molecule has 0 radical (unpaired) electrons. The Labute approximate surface area is 111 Å². The van der Waals surface area contributed by atoms with E-state index in [9.17, 15) is 0 Å². The summed E-state index contributed by atoms with van der Waals surface area (Å²) in [6.45, 7) is 2.88. The Kier molecular flexibility index (Phi) is 4.48. The third-order valence-corrected chi connectivity index (χ3v) is 2.59. The monoisotopic (exact) mass is 263 g/mol. The molecule has 1 heterocycles. The lowest BCUT2D eigenvalue weighted by atomic mass is 10.2. The minimum Gasteiger partial charge on any atom is -0.497 e. The number of methoxy groups -OCH3 is 1.